The van der Waals surface area contributed by atoms with Crippen LogP contribution in [0.2, 0.25) is 0 Å². The molecule has 4 unspecified atom stereocenters. The van der Waals surface area contributed by atoms with Crippen molar-refractivity contribution < 1.29 is 24.3 Å². The van der Waals surface area contributed by atoms with Crippen LogP contribution in [0.25, 0.3) is 0 Å². The number of carbonyl (C=O) groups is 4. The number of nitrogens with two attached hydrogens (primary N) is 3. The highest BCUT2D eigenvalue weighted by molar-refractivity contribution is 5.94. The van der Waals surface area contributed by atoms with Gasteiger partial charge in [0, 0.05) is 13.0 Å². The fraction of sp³-hybridized carbons (Fsp3) is 0.433. The molecule has 0 fully saturated rings. The number of rotatable bonds is 17. The summed E-state index contributed by atoms with van der Waals surface area (Å²) in [5.74, 6) is -3.08. The highest BCUT2D eigenvalue weighted by Gasteiger charge is 2.30. The van der Waals surface area contributed by atoms with Crippen LogP contribution in [0.4, 0.5) is 0 Å². The van der Waals surface area contributed by atoms with Crippen LogP contribution in [0.3, 0.4) is 0 Å². The van der Waals surface area contributed by atoms with Crippen LogP contribution in [-0.2, 0) is 32.0 Å². The molecule has 12 heteroatoms. The maximum Gasteiger partial charge on any atom is 0.326 e. The van der Waals surface area contributed by atoms with Crippen LogP contribution in [0, 0.1) is 5.92 Å². The Kier molecular flexibility index (Phi) is 14.0. The summed E-state index contributed by atoms with van der Waals surface area (Å²) >= 11 is 0. The molecule has 12 nitrogen and oxygen atoms in total. The molecule has 0 aliphatic heterocycles. The molecule has 0 radical (unpaired) electrons. The van der Waals surface area contributed by atoms with E-state index >= 15 is 0 Å². The third kappa shape index (κ3) is 12.4. The molecule has 228 valence electrons. The normalized spacial score (nSPS) is 13.7. The zero-order valence-electron chi connectivity index (χ0n) is 24.2. The molecule has 2 aromatic carbocycles. The fourth-order valence-electron chi connectivity index (χ4n) is 4.31. The highest BCUT2D eigenvalue weighted by Crippen LogP contribution is 2.09. The summed E-state index contributed by atoms with van der Waals surface area (Å²) in [6.07, 6.45) is 1.08. The van der Waals surface area contributed by atoms with E-state index in [4.69, 9.17) is 17.2 Å². The van der Waals surface area contributed by atoms with E-state index in [1.165, 1.54) is 0 Å². The first-order valence-corrected chi connectivity index (χ1v) is 14.0. The Labute approximate surface area is 246 Å². The molecule has 10 N–H and O–H groups in total. The van der Waals surface area contributed by atoms with Gasteiger partial charge >= 0.3 is 5.97 Å². The Morgan fingerprint density at radius 2 is 1.26 bits per heavy atom. The predicted molar refractivity (Wildman–Crippen MR) is 161 cm³/mol. The van der Waals surface area contributed by atoms with Crippen LogP contribution in [-0.4, -0.2) is 65.5 Å². The molecule has 0 aliphatic rings. The lowest BCUT2D eigenvalue weighted by Gasteiger charge is -2.26. The van der Waals surface area contributed by atoms with E-state index in [0.29, 0.717) is 6.42 Å². The molecule has 0 saturated carbocycles. The fourth-order valence-corrected chi connectivity index (χ4v) is 4.31. The van der Waals surface area contributed by atoms with Gasteiger partial charge in [-0.1, -0.05) is 74.5 Å². The Bertz CT molecular complexity index is 1190. The topological polar surface area (TPSA) is 215 Å². The van der Waals surface area contributed by atoms with E-state index < -0.39 is 47.9 Å². The number of nitrogens with zero attached hydrogens (tertiary/aromatic N) is 1. The van der Waals surface area contributed by atoms with Gasteiger partial charge in [0.05, 0.1) is 6.04 Å². The number of hydrogen-bond acceptors (Lipinski definition) is 6. The summed E-state index contributed by atoms with van der Waals surface area (Å²) < 4.78 is 0. The van der Waals surface area contributed by atoms with Crippen LogP contribution in [0.1, 0.15) is 44.2 Å². The second-order valence-corrected chi connectivity index (χ2v) is 10.6. The Morgan fingerprint density at radius 1 is 0.762 bits per heavy atom. The number of aliphatic carboxylic acids is 1. The molecule has 0 saturated heterocycles. The van der Waals surface area contributed by atoms with Crippen molar-refractivity contribution in [3.8, 4) is 0 Å². The number of nitrogens with one attached hydrogen (secondary N) is 3. The Hall–Kier alpha value is -4.45. The van der Waals surface area contributed by atoms with Crippen LogP contribution in [0.15, 0.2) is 65.7 Å². The van der Waals surface area contributed by atoms with Crippen molar-refractivity contribution in [2.45, 2.75) is 70.1 Å². The van der Waals surface area contributed by atoms with Gasteiger partial charge in [-0.2, -0.15) is 0 Å². The van der Waals surface area contributed by atoms with E-state index in [9.17, 15) is 24.3 Å². The van der Waals surface area contributed by atoms with Gasteiger partial charge in [0.15, 0.2) is 5.96 Å². The Morgan fingerprint density at radius 3 is 1.79 bits per heavy atom. The van der Waals surface area contributed by atoms with E-state index in [2.05, 4.69) is 20.9 Å². The van der Waals surface area contributed by atoms with Gasteiger partial charge in [0.25, 0.3) is 0 Å². The molecular formula is C30H43N7O5. The summed E-state index contributed by atoms with van der Waals surface area (Å²) in [6.45, 7) is 3.89. The average molecular weight is 582 g/mol. The molecule has 0 spiro atoms. The van der Waals surface area contributed by atoms with Crippen LogP contribution >= 0.6 is 0 Å². The summed E-state index contributed by atoms with van der Waals surface area (Å²) in [5.41, 5.74) is 18.6. The number of carbonyl (C=O) groups excluding carboxylic acids is 3. The van der Waals surface area contributed by atoms with Gasteiger partial charge in [0.2, 0.25) is 17.7 Å². The monoisotopic (exact) mass is 581 g/mol. The lowest BCUT2D eigenvalue weighted by atomic mass is 10.0. The first kappa shape index (κ1) is 33.8. The molecule has 2 aromatic rings. The van der Waals surface area contributed by atoms with Crippen molar-refractivity contribution in [1.82, 2.24) is 16.0 Å². The molecule has 42 heavy (non-hydrogen) atoms. The van der Waals surface area contributed by atoms with Crippen molar-refractivity contribution in [2.75, 3.05) is 6.54 Å². The van der Waals surface area contributed by atoms with Crippen molar-refractivity contribution in [1.29, 1.82) is 0 Å². The average Bonchev–Trinajstić information content (AvgIpc) is 2.94. The Balaban J connectivity index is 2.24. The lowest BCUT2D eigenvalue weighted by molar-refractivity contribution is -0.142. The third-order valence-electron chi connectivity index (χ3n) is 6.45. The van der Waals surface area contributed by atoms with E-state index in [1.54, 1.807) is 0 Å². The van der Waals surface area contributed by atoms with Gasteiger partial charge in [-0.05, 0) is 42.7 Å². The standard InChI is InChI=1S/C30H43N7O5/c1-19(2)16-25(29(41)42)37-27(39)23(14-9-15-34-30(32)33)35-28(40)24(18-21-12-7-4-8-13-21)36-26(38)22(31)17-20-10-5-3-6-11-20/h3-8,10-13,19,22-25H,9,14-18,31H2,1-2H3,(H,35,40)(H,36,38)(H,37,39)(H,41,42)(H4,32,33,34). The van der Waals surface area contributed by atoms with Gasteiger partial charge in [-0.25, -0.2) is 4.79 Å². The lowest BCUT2D eigenvalue weighted by Crippen LogP contribution is -2.57. The second kappa shape index (κ2) is 17.4. The summed E-state index contributed by atoms with van der Waals surface area (Å²) in [5, 5.41) is 17.6. The van der Waals surface area contributed by atoms with Crippen molar-refractivity contribution in [3.05, 3.63) is 71.8 Å². The minimum absolute atomic E-state index is 0.00636. The largest absolute Gasteiger partial charge is 0.480 e. The molecule has 2 rings (SSSR count). The van der Waals surface area contributed by atoms with Gasteiger partial charge in [0.1, 0.15) is 18.1 Å². The first-order valence-electron chi connectivity index (χ1n) is 14.0. The van der Waals surface area contributed by atoms with Gasteiger partial charge in [-0.15, -0.1) is 0 Å². The third-order valence-corrected chi connectivity index (χ3v) is 6.45. The van der Waals surface area contributed by atoms with E-state index in [1.807, 2.05) is 74.5 Å². The van der Waals surface area contributed by atoms with Gasteiger partial charge in [-0.3, -0.25) is 19.4 Å². The molecule has 3 amide bonds. The van der Waals surface area contributed by atoms with Crippen molar-refractivity contribution in [2.24, 2.45) is 28.1 Å². The zero-order valence-corrected chi connectivity index (χ0v) is 24.2. The van der Waals surface area contributed by atoms with E-state index in [-0.39, 0.29) is 44.1 Å². The molecule has 0 aliphatic carbocycles. The van der Waals surface area contributed by atoms with Crippen LogP contribution < -0.4 is 33.2 Å². The number of benzene rings is 2. The molecule has 4 atom stereocenters. The maximum atomic E-state index is 13.6. The predicted octanol–water partition coefficient (Wildman–Crippen LogP) is 0.438. The number of carboxylic acids is 1. The highest BCUT2D eigenvalue weighted by atomic mass is 16.4. The molecule has 0 heterocycles. The zero-order chi connectivity index (χ0) is 31.1. The SMILES string of the molecule is CC(C)CC(NC(=O)C(CCCN=C(N)N)NC(=O)C(Cc1ccccc1)NC(=O)C(N)Cc1ccccc1)C(=O)O. The molecule has 0 bridgehead atoms. The first-order chi connectivity index (χ1) is 20.0. The number of carboxylic acid groups (broad SMARTS) is 1. The summed E-state index contributed by atoms with van der Waals surface area (Å²) in [7, 11) is 0. The minimum atomic E-state index is -1.18. The van der Waals surface area contributed by atoms with Gasteiger partial charge < -0.3 is 38.3 Å². The summed E-state index contributed by atoms with van der Waals surface area (Å²) in [6, 6.07) is 14.2. The summed E-state index contributed by atoms with van der Waals surface area (Å²) in [4.78, 5) is 55.6. The number of hydrogen-bond donors (Lipinski definition) is 7. The van der Waals surface area contributed by atoms with Crippen LogP contribution in [0.5, 0.6) is 0 Å². The van der Waals surface area contributed by atoms with E-state index in [0.717, 1.165) is 11.1 Å². The maximum absolute atomic E-state index is 13.6. The smallest absolute Gasteiger partial charge is 0.326 e. The minimum Gasteiger partial charge on any atom is -0.480 e. The van der Waals surface area contributed by atoms with Crippen molar-refractivity contribution in [3.63, 3.8) is 0 Å². The number of guanidine groups is 1. The van der Waals surface area contributed by atoms with Crippen molar-refractivity contribution >= 4 is 29.7 Å². The number of aliphatic imine (C=N–C) groups is 1. The number of amides is 3. The molecular weight excluding hydrogens is 538 g/mol. The second-order valence-electron chi connectivity index (χ2n) is 10.6. The molecule has 0 aromatic heterocycles. The quantitative estimate of drug-likeness (QED) is 0.0788.